The number of carbonyl (C=O) groups excluding carboxylic acids is 1. The van der Waals surface area contributed by atoms with E-state index in [0.717, 1.165) is 7.11 Å². The van der Waals surface area contributed by atoms with Crippen LogP contribution in [0.4, 0.5) is 0 Å². The second kappa shape index (κ2) is 5.28. The Bertz CT molecular complexity index is 227. The van der Waals surface area contributed by atoms with Crippen LogP contribution < -0.4 is 5.48 Å². The summed E-state index contributed by atoms with van der Waals surface area (Å²) < 4.78 is 4.29. The SMILES string of the molecule is C=C(C(=O)OC)C(O)C(=N)ONC. The number of hydroxylamine groups is 1. The Kier molecular flexibility index (Phi) is 4.71. The third-order valence-electron chi connectivity index (χ3n) is 1.24. The van der Waals surface area contributed by atoms with Gasteiger partial charge in [-0.3, -0.25) is 5.41 Å². The highest BCUT2D eigenvalue weighted by atomic mass is 16.7. The Morgan fingerprint density at radius 2 is 2.23 bits per heavy atom. The molecule has 74 valence electrons. The molecule has 0 saturated carbocycles. The van der Waals surface area contributed by atoms with E-state index in [-0.39, 0.29) is 5.57 Å². The molecule has 0 aliphatic rings. The van der Waals surface area contributed by atoms with Gasteiger partial charge in [0.25, 0.3) is 0 Å². The standard InChI is InChI=1S/C7H12N2O4/c1-4(7(11)12-3)5(10)6(8)13-9-2/h5,8-10H,1H2,2-3H3. The summed E-state index contributed by atoms with van der Waals surface area (Å²) in [7, 11) is 2.57. The van der Waals surface area contributed by atoms with Gasteiger partial charge in [-0.25, -0.2) is 4.79 Å². The number of ether oxygens (including phenoxy) is 1. The molecule has 6 heteroatoms. The Morgan fingerprint density at radius 3 is 2.62 bits per heavy atom. The number of esters is 1. The lowest BCUT2D eigenvalue weighted by Gasteiger charge is -2.12. The number of rotatable bonds is 4. The molecule has 0 bridgehead atoms. The van der Waals surface area contributed by atoms with E-state index in [1.165, 1.54) is 7.05 Å². The van der Waals surface area contributed by atoms with E-state index >= 15 is 0 Å². The first-order valence-electron chi connectivity index (χ1n) is 3.41. The molecule has 0 radical (unpaired) electrons. The summed E-state index contributed by atoms with van der Waals surface area (Å²) in [6.07, 6.45) is -1.49. The van der Waals surface area contributed by atoms with Crippen molar-refractivity contribution in [3.05, 3.63) is 12.2 Å². The minimum atomic E-state index is -1.49. The van der Waals surface area contributed by atoms with Crippen molar-refractivity contribution in [1.82, 2.24) is 5.48 Å². The number of carbonyl (C=O) groups is 1. The minimum absolute atomic E-state index is 0.247. The van der Waals surface area contributed by atoms with Crippen LogP contribution in [0.3, 0.4) is 0 Å². The number of methoxy groups -OCH3 is 1. The van der Waals surface area contributed by atoms with Gasteiger partial charge in [-0.1, -0.05) is 6.58 Å². The monoisotopic (exact) mass is 188 g/mol. The third-order valence-corrected chi connectivity index (χ3v) is 1.24. The average molecular weight is 188 g/mol. The topological polar surface area (TPSA) is 91.6 Å². The second-order valence-electron chi connectivity index (χ2n) is 2.09. The van der Waals surface area contributed by atoms with E-state index in [1.54, 1.807) is 0 Å². The first kappa shape index (κ1) is 11.6. The zero-order valence-electron chi connectivity index (χ0n) is 7.46. The molecule has 1 unspecified atom stereocenters. The molecule has 0 aromatic heterocycles. The quantitative estimate of drug-likeness (QED) is 0.177. The number of hydrogen-bond acceptors (Lipinski definition) is 6. The maximum atomic E-state index is 10.8. The van der Waals surface area contributed by atoms with Crippen molar-refractivity contribution in [3.8, 4) is 0 Å². The molecule has 0 amide bonds. The largest absolute Gasteiger partial charge is 0.466 e. The van der Waals surface area contributed by atoms with Crippen molar-refractivity contribution in [2.75, 3.05) is 14.2 Å². The van der Waals surface area contributed by atoms with Crippen LogP contribution in [0.2, 0.25) is 0 Å². The predicted molar refractivity (Wildman–Crippen MR) is 45.0 cm³/mol. The molecule has 1 atom stereocenters. The molecule has 3 N–H and O–H groups in total. The van der Waals surface area contributed by atoms with E-state index in [9.17, 15) is 9.90 Å². The summed E-state index contributed by atoms with van der Waals surface area (Å²) in [6.45, 7) is 3.26. The highest BCUT2D eigenvalue weighted by Gasteiger charge is 2.22. The summed E-state index contributed by atoms with van der Waals surface area (Å²) >= 11 is 0. The zero-order valence-corrected chi connectivity index (χ0v) is 7.46. The van der Waals surface area contributed by atoms with Gasteiger partial charge in [0.1, 0.15) is 0 Å². The van der Waals surface area contributed by atoms with E-state index < -0.39 is 18.0 Å². The summed E-state index contributed by atoms with van der Waals surface area (Å²) in [6, 6.07) is 0. The van der Waals surface area contributed by atoms with Crippen LogP contribution in [0, 0.1) is 5.41 Å². The van der Waals surface area contributed by atoms with Gasteiger partial charge in [0.15, 0.2) is 6.10 Å². The number of aliphatic hydroxyl groups excluding tert-OH is 1. The molecule has 0 aromatic carbocycles. The van der Waals surface area contributed by atoms with Crippen LogP contribution in [0.1, 0.15) is 0 Å². The number of hydrogen-bond donors (Lipinski definition) is 3. The van der Waals surface area contributed by atoms with E-state index in [4.69, 9.17) is 5.41 Å². The molecule has 0 aliphatic carbocycles. The van der Waals surface area contributed by atoms with Crippen molar-refractivity contribution in [2.45, 2.75) is 6.10 Å². The molecule has 0 heterocycles. The van der Waals surface area contributed by atoms with Crippen molar-refractivity contribution >= 4 is 11.9 Å². The molecular weight excluding hydrogens is 176 g/mol. The van der Waals surface area contributed by atoms with Crippen molar-refractivity contribution in [1.29, 1.82) is 5.41 Å². The fraction of sp³-hybridized carbons (Fsp3) is 0.429. The zero-order chi connectivity index (χ0) is 10.4. The average Bonchev–Trinajstić information content (AvgIpc) is 2.14. The molecule has 0 spiro atoms. The van der Waals surface area contributed by atoms with Crippen LogP contribution in [0.15, 0.2) is 12.2 Å². The van der Waals surface area contributed by atoms with Gasteiger partial charge in [-0.05, 0) is 0 Å². The highest BCUT2D eigenvalue weighted by Crippen LogP contribution is 2.03. The fourth-order valence-corrected chi connectivity index (χ4v) is 0.567. The molecular formula is C7H12N2O4. The summed E-state index contributed by atoms with van der Waals surface area (Å²) in [4.78, 5) is 15.2. The Labute approximate surface area is 75.6 Å². The molecule has 0 rings (SSSR count). The lowest BCUT2D eigenvalue weighted by Crippen LogP contribution is -2.31. The maximum Gasteiger partial charge on any atom is 0.336 e. The maximum absolute atomic E-state index is 10.8. The van der Waals surface area contributed by atoms with Crippen LogP contribution in [0.5, 0.6) is 0 Å². The summed E-state index contributed by atoms with van der Waals surface area (Å²) in [5.41, 5.74) is 1.93. The predicted octanol–water partition coefficient (Wildman–Crippen LogP) is -0.795. The highest BCUT2D eigenvalue weighted by molar-refractivity contribution is 5.96. The van der Waals surface area contributed by atoms with Gasteiger partial charge in [0, 0.05) is 7.05 Å². The lowest BCUT2D eigenvalue weighted by atomic mass is 10.2. The Morgan fingerprint density at radius 1 is 1.69 bits per heavy atom. The summed E-state index contributed by atoms with van der Waals surface area (Å²) in [5.74, 6) is -1.30. The molecule has 0 aromatic rings. The van der Waals surface area contributed by atoms with Gasteiger partial charge in [0.05, 0.1) is 12.7 Å². The van der Waals surface area contributed by atoms with E-state index in [0.29, 0.717) is 0 Å². The second-order valence-corrected chi connectivity index (χ2v) is 2.09. The molecule has 0 fully saturated rings. The third kappa shape index (κ3) is 3.22. The van der Waals surface area contributed by atoms with Gasteiger partial charge >= 0.3 is 5.97 Å². The number of aliphatic hydroxyl groups is 1. The first-order chi connectivity index (χ1) is 6.04. The van der Waals surface area contributed by atoms with Crippen LogP contribution in [-0.2, 0) is 14.4 Å². The smallest absolute Gasteiger partial charge is 0.336 e. The molecule has 13 heavy (non-hydrogen) atoms. The fourth-order valence-electron chi connectivity index (χ4n) is 0.567. The number of nitrogens with one attached hydrogen (secondary N) is 2. The van der Waals surface area contributed by atoms with Crippen LogP contribution >= 0.6 is 0 Å². The van der Waals surface area contributed by atoms with Gasteiger partial charge in [0.2, 0.25) is 5.90 Å². The molecule has 6 nitrogen and oxygen atoms in total. The summed E-state index contributed by atoms with van der Waals surface area (Å²) in [5, 5.41) is 16.3. The van der Waals surface area contributed by atoms with Gasteiger partial charge in [-0.2, -0.15) is 5.48 Å². The first-order valence-corrected chi connectivity index (χ1v) is 3.41. The van der Waals surface area contributed by atoms with Crippen molar-refractivity contribution < 1.29 is 19.5 Å². The Hall–Kier alpha value is -1.40. The molecule has 0 aliphatic heterocycles. The van der Waals surface area contributed by atoms with Crippen LogP contribution in [-0.4, -0.2) is 37.2 Å². The van der Waals surface area contributed by atoms with E-state index in [2.05, 4.69) is 21.6 Å². The van der Waals surface area contributed by atoms with Gasteiger partial charge < -0.3 is 14.7 Å². The van der Waals surface area contributed by atoms with Crippen LogP contribution in [0.25, 0.3) is 0 Å². The van der Waals surface area contributed by atoms with E-state index in [1.807, 2.05) is 0 Å². The Balaban J connectivity index is 4.25. The van der Waals surface area contributed by atoms with Crippen molar-refractivity contribution in [2.24, 2.45) is 0 Å². The van der Waals surface area contributed by atoms with Crippen molar-refractivity contribution in [3.63, 3.8) is 0 Å². The lowest BCUT2D eigenvalue weighted by molar-refractivity contribution is -0.136. The normalized spacial score (nSPS) is 11.6. The minimum Gasteiger partial charge on any atom is -0.466 e. The molecule has 0 saturated heterocycles. The van der Waals surface area contributed by atoms with Gasteiger partial charge in [-0.15, -0.1) is 0 Å².